The number of benzene rings is 2. The summed E-state index contributed by atoms with van der Waals surface area (Å²) in [5.41, 5.74) is 4.49. The van der Waals surface area contributed by atoms with Gasteiger partial charge in [0, 0.05) is 17.1 Å². The van der Waals surface area contributed by atoms with E-state index in [9.17, 15) is 4.79 Å². The van der Waals surface area contributed by atoms with Gasteiger partial charge in [-0.1, -0.05) is 29.3 Å². The summed E-state index contributed by atoms with van der Waals surface area (Å²) in [5.74, 6) is 0.746. The first kappa shape index (κ1) is 16.3. The quantitative estimate of drug-likeness (QED) is 0.619. The van der Waals surface area contributed by atoms with E-state index >= 15 is 0 Å². The first-order valence-corrected chi connectivity index (χ1v) is 9.39. The summed E-state index contributed by atoms with van der Waals surface area (Å²) in [5, 5.41) is 3.56. The van der Waals surface area contributed by atoms with Crippen molar-refractivity contribution >= 4 is 56.5 Å². The van der Waals surface area contributed by atoms with Crippen LogP contribution >= 0.6 is 34.7 Å². The Balaban J connectivity index is 1.57. The molecule has 2 aromatic carbocycles. The molecule has 1 heterocycles. The molecule has 1 N–H and O–H groups in total. The van der Waals surface area contributed by atoms with E-state index in [1.165, 1.54) is 21.8 Å². The van der Waals surface area contributed by atoms with E-state index in [-0.39, 0.29) is 5.91 Å². The molecule has 0 radical (unpaired) electrons. The zero-order chi connectivity index (χ0) is 16.2. The Kier molecular flexibility index (Phi) is 5.20. The predicted molar refractivity (Wildman–Crippen MR) is 99.8 cm³/mol. The van der Waals surface area contributed by atoms with Crippen molar-refractivity contribution in [2.75, 3.05) is 11.1 Å². The van der Waals surface area contributed by atoms with Crippen molar-refractivity contribution in [3.63, 3.8) is 0 Å². The van der Waals surface area contributed by atoms with Crippen LogP contribution in [-0.2, 0) is 4.79 Å². The average Bonchev–Trinajstić information content (AvgIpc) is 3.03. The van der Waals surface area contributed by atoms with Crippen LogP contribution in [0.25, 0.3) is 10.2 Å². The smallest absolute Gasteiger partial charge is 0.225 e. The van der Waals surface area contributed by atoms with Crippen LogP contribution < -0.4 is 5.32 Å². The summed E-state index contributed by atoms with van der Waals surface area (Å²) < 4.78 is 0.914. The Labute approximate surface area is 148 Å². The van der Waals surface area contributed by atoms with Crippen LogP contribution in [0, 0.1) is 6.92 Å². The van der Waals surface area contributed by atoms with Crippen molar-refractivity contribution < 1.29 is 4.79 Å². The molecule has 1 amide bonds. The molecule has 118 valence electrons. The monoisotopic (exact) mass is 362 g/mol. The van der Waals surface area contributed by atoms with Gasteiger partial charge in [0.1, 0.15) is 5.52 Å². The molecule has 0 spiro atoms. The number of carbonyl (C=O) groups excluding carboxylic acids is 1. The Morgan fingerprint density at radius 3 is 2.83 bits per heavy atom. The number of halogens is 1. The highest BCUT2D eigenvalue weighted by Gasteiger charge is 2.10. The van der Waals surface area contributed by atoms with Crippen molar-refractivity contribution in [1.29, 1.82) is 0 Å². The Hall–Kier alpha value is -1.56. The lowest BCUT2D eigenvalue weighted by Crippen LogP contribution is -2.12. The van der Waals surface area contributed by atoms with E-state index in [2.05, 4.69) is 41.5 Å². The maximum Gasteiger partial charge on any atom is 0.225 e. The fourth-order valence-corrected chi connectivity index (χ4v) is 4.02. The van der Waals surface area contributed by atoms with Gasteiger partial charge in [0.25, 0.3) is 0 Å². The third kappa shape index (κ3) is 4.05. The van der Waals surface area contributed by atoms with Gasteiger partial charge in [0.2, 0.25) is 5.91 Å². The lowest BCUT2D eigenvalue weighted by Gasteiger charge is -2.07. The predicted octanol–water partition coefficient (Wildman–Crippen LogP) is 5.38. The van der Waals surface area contributed by atoms with Gasteiger partial charge in [-0.25, -0.2) is 4.98 Å². The molecule has 0 aliphatic rings. The molecule has 1 aromatic heterocycles. The Morgan fingerprint density at radius 1 is 1.26 bits per heavy atom. The molecular formula is C17H15ClN2OS2. The molecule has 3 rings (SSSR count). The molecule has 23 heavy (non-hydrogen) atoms. The minimum Gasteiger partial charge on any atom is -0.325 e. The lowest BCUT2D eigenvalue weighted by atomic mass is 10.2. The second-order valence-corrected chi connectivity index (χ2v) is 7.52. The van der Waals surface area contributed by atoms with Gasteiger partial charge in [0.05, 0.1) is 20.9 Å². The van der Waals surface area contributed by atoms with Gasteiger partial charge in [-0.3, -0.25) is 4.79 Å². The summed E-state index contributed by atoms with van der Waals surface area (Å²) in [6.07, 6.45) is 0.460. The molecule has 3 nitrogen and oxygen atoms in total. The van der Waals surface area contributed by atoms with Crippen molar-refractivity contribution in [3.8, 4) is 0 Å². The number of thioether (sulfide) groups is 1. The number of aryl methyl sites for hydroxylation is 1. The third-order valence-corrected chi connectivity index (χ3v) is 5.51. The average molecular weight is 363 g/mol. The molecule has 0 saturated heterocycles. The molecule has 0 aliphatic carbocycles. The van der Waals surface area contributed by atoms with Crippen LogP contribution in [0.4, 0.5) is 5.69 Å². The second kappa shape index (κ2) is 7.34. The number of aromatic nitrogens is 1. The fourth-order valence-electron chi connectivity index (χ4n) is 2.13. The molecule has 0 saturated carbocycles. The van der Waals surface area contributed by atoms with Gasteiger partial charge in [0.15, 0.2) is 0 Å². The van der Waals surface area contributed by atoms with E-state index in [0.29, 0.717) is 11.4 Å². The van der Waals surface area contributed by atoms with E-state index < -0.39 is 0 Å². The Morgan fingerprint density at radius 2 is 2.04 bits per heavy atom. The van der Waals surface area contributed by atoms with Crippen LogP contribution in [0.3, 0.4) is 0 Å². The first-order valence-electron chi connectivity index (χ1n) is 7.14. The second-order valence-electron chi connectivity index (χ2n) is 5.08. The highest BCUT2D eigenvalue weighted by atomic mass is 35.5. The van der Waals surface area contributed by atoms with E-state index in [0.717, 1.165) is 21.7 Å². The molecule has 0 fully saturated rings. The first-order chi connectivity index (χ1) is 11.1. The number of amides is 1. The van der Waals surface area contributed by atoms with E-state index in [4.69, 9.17) is 11.6 Å². The third-order valence-electron chi connectivity index (χ3n) is 3.33. The van der Waals surface area contributed by atoms with Crippen LogP contribution in [0.2, 0.25) is 5.02 Å². The zero-order valence-electron chi connectivity index (χ0n) is 12.5. The molecule has 6 heteroatoms. The molecule has 0 aliphatic heterocycles. The summed E-state index contributed by atoms with van der Waals surface area (Å²) in [7, 11) is 0. The maximum absolute atomic E-state index is 12.1. The minimum absolute atomic E-state index is 0.00151. The summed E-state index contributed by atoms with van der Waals surface area (Å²) in [6, 6.07) is 11.9. The van der Waals surface area contributed by atoms with Crippen LogP contribution in [0.5, 0.6) is 0 Å². The molecule has 0 bridgehead atoms. The standard InChI is InChI=1S/C17H15ClN2OS2/c1-11-2-4-12(5-3-11)22-9-8-15(21)20-14-7-6-13(18)16-17(14)23-10-19-16/h2-7,10H,8-9H2,1H3,(H,20,21). The lowest BCUT2D eigenvalue weighted by molar-refractivity contribution is -0.115. The normalized spacial score (nSPS) is 10.9. The number of anilines is 1. The summed E-state index contributed by atoms with van der Waals surface area (Å²) in [6.45, 7) is 2.06. The Bertz CT molecular complexity index is 830. The van der Waals surface area contributed by atoms with E-state index in [1.807, 2.05) is 6.07 Å². The number of nitrogens with zero attached hydrogens (tertiary/aromatic N) is 1. The summed E-state index contributed by atoms with van der Waals surface area (Å²) >= 11 is 9.26. The highest BCUT2D eigenvalue weighted by Crippen LogP contribution is 2.32. The van der Waals surface area contributed by atoms with Gasteiger partial charge in [-0.15, -0.1) is 23.1 Å². The minimum atomic E-state index is 0.00151. The van der Waals surface area contributed by atoms with Gasteiger partial charge >= 0.3 is 0 Å². The van der Waals surface area contributed by atoms with Crippen molar-refractivity contribution in [2.45, 2.75) is 18.2 Å². The van der Waals surface area contributed by atoms with Crippen LogP contribution in [-0.4, -0.2) is 16.6 Å². The largest absolute Gasteiger partial charge is 0.325 e. The number of nitrogens with one attached hydrogen (secondary N) is 1. The zero-order valence-corrected chi connectivity index (χ0v) is 14.9. The molecule has 3 aromatic rings. The summed E-state index contributed by atoms with van der Waals surface area (Å²) in [4.78, 5) is 17.5. The SMILES string of the molecule is Cc1ccc(SCCC(=O)Nc2ccc(Cl)c3ncsc23)cc1. The molecule has 0 atom stereocenters. The number of hydrogen-bond donors (Lipinski definition) is 1. The number of thiazole rings is 1. The number of fused-ring (bicyclic) bond motifs is 1. The topological polar surface area (TPSA) is 42.0 Å². The number of rotatable bonds is 5. The van der Waals surface area contributed by atoms with Gasteiger partial charge in [-0.2, -0.15) is 0 Å². The van der Waals surface area contributed by atoms with Crippen LogP contribution in [0.1, 0.15) is 12.0 Å². The molecule has 0 unspecified atom stereocenters. The van der Waals surface area contributed by atoms with Gasteiger partial charge < -0.3 is 5.32 Å². The highest BCUT2D eigenvalue weighted by molar-refractivity contribution is 7.99. The maximum atomic E-state index is 12.1. The van der Waals surface area contributed by atoms with Crippen molar-refractivity contribution in [2.24, 2.45) is 0 Å². The fraction of sp³-hybridized carbons (Fsp3) is 0.176. The molecular weight excluding hydrogens is 348 g/mol. The van der Waals surface area contributed by atoms with Crippen molar-refractivity contribution in [3.05, 3.63) is 52.5 Å². The van der Waals surface area contributed by atoms with Gasteiger partial charge in [-0.05, 0) is 31.2 Å². The van der Waals surface area contributed by atoms with E-state index in [1.54, 1.807) is 23.3 Å². The van der Waals surface area contributed by atoms with Crippen molar-refractivity contribution in [1.82, 2.24) is 4.98 Å². The number of carbonyl (C=O) groups is 1. The van der Waals surface area contributed by atoms with Crippen LogP contribution in [0.15, 0.2) is 46.8 Å². The number of hydrogen-bond acceptors (Lipinski definition) is 4.